The Kier molecular flexibility index (Phi) is 7.35. The molecule has 0 aliphatic rings. The molecule has 0 amide bonds. The Labute approximate surface area is 84.1 Å². The van der Waals surface area contributed by atoms with Gasteiger partial charge in [0.05, 0.1) is 0 Å². The van der Waals surface area contributed by atoms with Crippen molar-refractivity contribution in [1.82, 2.24) is 0 Å². The first-order valence-electron chi connectivity index (χ1n) is 5.81. The standard InChI is InChI=1S/C12H27N/c1-5-6-11(4)9-12(13)8-7-10(2)3/h10-12H,5-9,13H2,1-4H3. The van der Waals surface area contributed by atoms with E-state index in [-0.39, 0.29) is 0 Å². The normalized spacial score (nSPS) is 16.2. The van der Waals surface area contributed by atoms with Gasteiger partial charge in [0.1, 0.15) is 0 Å². The highest BCUT2D eigenvalue weighted by molar-refractivity contribution is 4.66. The summed E-state index contributed by atoms with van der Waals surface area (Å²) < 4.78 is 0. The fourth-order valence-electron chi connectivity index (χ4n) is 1.79. The van der Waals surface area contributed by atoms with Crippen LogP contribution >= 0.6 is 0 Å². The molecule has 0 fully saturated rings. The Morgan fingerprint density at radius 2 is 1.62 bits per heavy atom. The van der Waals surface area contributed by atoms with Gasteiger partial charge in [-0.25, -0.2) is 0 Å². The average molecular weight is 185 g/mol. The van der Waals surface area contributed by atoms with Gasteiger partial charge in [0, 0.05) is 6.04 Å². The van der Waals surface area contributed by atoms with Crippen LogP contribution in [0.5, 0.6) is 0 Å². The highest BCUT2D eigenvalue weighted by Gasteiger charge is 2.08. The van der Waals surface area contributed by atoms with E-state index in [2.05, 4.69) is 27.7 Å². The lowest BCUT2D eigenvalue weighted by atomic mass is 9.93. The number of hydrogen-bond acceptors (Lipinski definition) is 1. The maximum Gasteiger partial charge on any atom is 0.00414 e. The lowest BCUT2D eigenvalue weighted by Crippen LogP contribution is -2.23. The first-order valence-corrected chi connectivity index (χ1v) is 5.81. The Morgan fingerprint density at radius 1 is 1.00 bits per heavy atom. The Bertz CT molecular complexity index is 110. The van der Waals surface area contributed by atoms with Gasteiger partial charge < -0.3 is 5.73 Å². The van der Waals surface area contributed by atoms with Crippen LogP contribution in [0, 0.1) is 11.8 Å². The maximum absolute atomic E-state index is 6.05. The molecule has 0 aromatic heterocycles. The van der Waals surface area contributed by atoms with E-state index in [1.807, 2.05) is 0 Å². The second-order valence-corrected chi connectivity index (χ2v) is 4.86. The third kappa shape index (κ3) is 8.29. The minimum absolute atomic E-state index is 0.434. The summed E-state index contributed by atoms with van der Waals surface area (Å²) in [7, 11) is 0. The van der Waals surface area contributed by atoms with E-state index in [9.17, 15) is 0 Å². The largest absolute Gasteiger partial charge is 0.328 e. The summed E-state index contributed by atoms with van der Waals surface area (Å²) in [6.07, 6.45) is 6.31. The first kappa shape index (κ1) is 13.0. The van der Waals surface area contributed by atoms with Gasteiger partial charge in [-0.3, -0.25) is 0 Å². The van der Waals surface area contributed by atoms with Crippen LogP contribution in [-0.4, -0.2) is 6.04 Å². The molecule has 0 aliphatic heterocycles. The molecule has 0 rings (SSSR count). The van der Waals surface area contributed by atoms with Crippen molar-refractivity contribution in [2.75, 3.05) is 0 Å². The van der Waals surface area contributed by atoms with Crippen molar-refractivity contribution in [2.45, 2.75) is 65.8 Å². The summed E-state index contributed by atoms with van der Waals surface area (Å²) >= 11 is 0. The van der Waals surface area contributed by atoms with Gasteiger partial charge in [-0.05, 0) is 31.1 Å². The summed E-state index contributed by atoms with van der Waals surface area (Å²) in [6.45, 7) is 9.10. The molecule has 0 spiro atoms. The fourth-order valence-corrected chi connectivity index (χ4v) is 1.79. The molecule has 2 unspecified atom stereocenters. The summed E-state index contributed by atoms with van der Waals surface area (Å²) in [5, 5.41) is 0. The van der Waals surface area contributed by atoms with Crippen LogP contribution < -0.4 is 5.73 Å². The zero-order valence-corrected chi connectivity index (χ0v) is 9.84. The average Bonchev–Trinajstić information content (AvgIpc) is 2.01. The van der Waals surface area contributed by atoms with Crippen molar-refractivity contribution >= 4 is 0 Å². The molecule has 1 nitrogen and oxygen atoms in total. The Morgan fingerprint density at radius 3 is 2.08 bits per heavy atom. The van der Waals surface area contributed by atoms with Gasteiger partial charge in [0.25, 0.3) is 0 Å². The fraction of sp³-hybridized carbons (Fsp3) is 1.00. The van der Waals surface area contributed by atoms with E-state index in [0.717, 1.165) is 11.8 Å². The zero-order valence-electron chi connectivity index (χ0n) is 9.84. The van der Waals surface area contributed by atoms with E-state index < -0.39 is 0 Å². The SMILES string of the molecule is CCCC(C)CC(N)CCC(C)C. The minimum atomic E-state index is 0.434. The molecule has 2 N–H and O–H groups in total. The number of rotatable bonds is 7. The summed E-state index contributed by atoms with van der Waals surface area (Å²) in [4.78, 5) is 0. The predicted octanol–water partition coefficient (Wildman–Crippen LogP) is 3.58. The molecule has 13 heavy (non-hydrogen) atoms. The summed E-state index contributed by atoms with van der Waals surface area (Å²) in [6, 6.07) is 0.434. The molecule has 80 valence electrons. The first-order chi connectivity index (χ1) is 6.06. The molecule has 0 radical (unpaired) electrons. The quantitative estimate of drug-likeness (QED) is 0.644. The van der Waals surface area contributed by atoms with Crippen LogP contribution in [0.25, 0.3) is 0 Å². The molecule has 2 atom stereocenters. The van der Waals surface area contributed by atoms with E-state index in [4.69, 9.17) is 5.73 Å². The van der Waals surface area contributed by atoms with Gasteiger partial charge in [-0.15, -0.1) is 0 Å². The highest BCUT2D eigenvalue weighted by Crippen LogP contribution is 2.15. The number of nitrogens with two attached hydrogens (primary N) is 1. The van der Waals surface area contributed by atoms with Gasteiger partial charge in [-0.2, -0.15) is 0 Å². The Hall–Kier alpha value is -0.0400. The van der Waals surface area contributed by atoms with Gasteiger partial charge >= 0.3 is 0 Å². The third-order valence-corrected chi connectivity index (χ3v) is 2.60. The molecule has 1 heteroatoms. The summed E-state index contributed by atoms with van der Waals surface area (Å²) in [5.41, 5.74) is 6.05. The van der Waals surface area contributed by atoms with E-state index >= 15 is 0 Å². The van der Waals surface area contributed by atoms with Crippen LogP contribution in [0.15, 0.2) is 0 Å². The van der Waals surface area contributed by atoms with Gasteiger partial charge in [0.2, 0.25) is 0 Å². The van der Waals surface area contributed by atoms with Crippen LogP contribution in [0.2, 0.25) is 0 Å². The molecule has 0 saturated carbocycles. The molecule has 0 aliphatic carbocycles. The topological polar surface area (TPSA) is 26.0 Å². The highest BCUT2D eigenvalue weighted by atomic mass is 14.6. The van der Waals surface area contributed by atoms with Crippen molar-refractivity contribution in [3.05, 3.63) is 0 Å². The lowest BCUT2D eigenvalue weighted by Gasteiger charge is -2.17. The Balaban J connectivity index is 3.43. The van der Waals surface area contributed by atoms with Crippen LogP contribution in [0.3, 0.4) is 0 Å². The molecular weight excluding hydrogens is 158 g/mol. The zero-order chi connectivity index (χ0) is 10.3. The lowest BCUT2D eigenvalue weighted by molar-refractivity contribution is 0.397. The van der Waals surface area contributed by atoms with Crippen molar-refractivity contribution in [3.63, 3.8) is 0 Å². The van der Waals surface area contributed by atoms with E-state index in [1.54, 1.807) is 0 Å². The van der Waals surface area contributed by atoms with Crippen LogP contribution in [0.1, 0.15) is 59.8 Å². The van der Waals surface area contributed by atoms with E-state index in [1.165, 1.54) is 32.1 Å². The van der Waals surface area contributed by atoms with Gasteiger partial charge in [0.15, 0.2) is 0 Å². The van der Waals surface area contributed by atoms with Crippen molar-refractivity contribution in [2.24, 2.45) is 17.6 Å². The predicted molar refractivity (Wildman–Crippen MR) is 60.7 cm³/mol. The van der Waals surface area contributed by atoms with Crippen molar-refractivity contribution in [3.8, 4) is 0 Å². The summed E-state index contributed by atoms with van der Waals surface area (Å²) in [5.74, 6) is 1.61. The molecule has 0 aromatic carbocycles. The number of hydrogen-bond donors (Lipinski definition) is 1. The molecule has 0 heterocycles. The molecule has 0 aromatic rings. The smallest absolute Gasteiger partial charge is 0.00414 e. The molecule has 0 saturated heterocycles. The van der Waals surface area contributed by atoms with Crippen LogP contribution in [0.4, 0.5) is 0 Å². The maximum atomic E-state index is 6.05. The molecule has 0 bridgehead atoms. The van der Waals surface area contributed by atoms with Crippen LogP contribution in [-0.2, 0) is 0 Å². The monoisotopic (exact) mass is 185 g/mol. The van der Waals surface area contributed by atoms with Crippen molar-refractivity contribution < 1.29 is 0 Å². The van der Waals surface area contributed by atoms with Gasteiger partial charge in [-0.1, -0.05) is 40.5 Å². The molecular formula is C12H27N. The van der Waals surface area contributed by atoms with E-state index in [0.29, 0.717) is 6.04 Å². The second-order valence-electron chi connectivity index (χ2n) is 4.86. The third-order valence-electron chi connectivity index (χ3n) is 2.60. The van der Waals surface area contributed by atoms with Crippen molar-refractivity contribution in [1.29, 1.82) is 0 Å². The second kappa shape index (κ2) is 7.37. The minimum Gasteiger partial charge on any atom is -0.328 e.